The molecular weight excluding hydrogens is 104 g/mol. The number of carbonyl (C=O) groups is 1. The molecule has 0 amide bonds. The number of hydrogen-bond acceptors (Lipinski definition) is 1. The fourth-order valence-corrected chi connectivity index (χ4v) is 0.543. The molecule has 1 rings (SSSR count). The average molecular weight is 110 g/mol. The van der Waals surface area contributed by atoms with Gasteiger partial charge < -0.3 is 5.11 Å². The van der Waals surface area contributed by atoms with Gasteiger partial charge in [-0.25, -0.2) is 4.79 Å². The van der Waals surface area contributed by atoms with Crippen LogP contribution in [-0.4, -0.2) is 11.1 Å². The predicted molar refractivity (Wildman–Crippen MR) is 29.5 cm³/mol. The number of carboxylic acid groups (broad SMARTS) is 1. The summed E-state index contributed by atoms with van der Waals surface area (Å²) in [7, 11) is 0. The lowest BCUT2D eigenvalue weighted by Crippen LogP contribution is -1.88. The zero-order chi connectivity index (χ0) is 6.15. The molecule has 1 aliphatic carbocycles. The van der Waals surface area contributed by atoms with Crippen molar-refractivity contribution >= 4 is 5.97 Å². The highest BCUT2D eigenvalue weighted by molar-refractivity contribution is 6.00. The first kappa shape index (κ1) is 5.09. The van der Waals surface area contributed by atoms with Crippen molar-refractivity contribution in [1.82, 2.24) is 0 Å². The molecule has 2 nitrogen and oxygen atoms in total. The quantitative estimate of drug-likeness (QED) is 0.545. The molecule has 0 saturated heterocycles. The Morgan fingerprint density at radius 2 is 2.50 bits per heavy atom. The third-order valence-electron chi connectivity index (χ3n) is 1.07. The second kappa shape index (κ2) is 1.47. The van der Waals surface area contributed by atoms with Gasteiger partial charge in [-0.05, 0) is 18.6 Å². The van der Waals surface area contributed by atoms with Crippen molar-refractivity contribution in [3.8, 4) is 0 Å². The molecular formula is C6H6O2. The Labute approximate surface area is 47.1 Å². The molecule has 0 aromatic rings. The SMILES string of the molecule is C/C=C1C=C\1C(=O)O. The van der Waals surface area contributed by atoms with E-state index < -0.39 is 5.97 Å². The van der Waals surface area contributed by atoms with Crippen LogP contribution < -0.4 is 0 Å². The molecule has 0 aliphatic heterocycles. The minimum absolute atomic E-state index is 0.451. The van der Waals surface area contributed by atoms with Gasteiger partial charge in [0, 0.05) is 0 Å². The Hall–Kier alpha value is -1.05. The van der Waals surface area contributed by atoms with Crippen LogP contribution in [0.2, 0.25) is 0 Å². The summed E-state index contributed by atoms with van der Waals surface area (Å²) in [6.45, 7) is 1.82. The first-order chi connectivity index (χ1) is 3.75. The van der Waals surface area contributed by atoms with Crippen LogP contribution in [-0.2, 0) is 4.79 Å². The van der Waals surface area contributed by atoms with Crippen LogP contribution in [0.1, 0.15) is 6.92 Å². The second-order valence-electron chi connectivity index (χ2n) is 1.61. The van der Waals surface area contributed by atoms with Gasteiger partial charge in [-0.1, -0.05) is 6.08 Å². The van der Waals surface area contributed by atoms with Crippen molar-refractivity contribution in [2.75, 3.05) is 0 Å². The lowest BCUT2D eigenvalue weighted by molar-refractivity contribution is -0.131. The molecule has 0 atom stereocenters. The Kier molecular flexibility index (Phi) is 0.938. The lowest BCUT2D eigenvalue weighted by Gasteiger charge is -1.75. The highest BCUT2D eigenvalue weighted by atomic mass is 16.4. The van der Waals surface area contributed by atoms with E-state index in [9.17, 15) is 4.79 Å². The van der Waals surface area contributed by atoms with E-state index in [1.807, 2.05) is 6.92 Å². The summed E-state index contributed by atoms with van der Waals surface area (Å²) in [6.07, 6.45) is 3.42. The van der Waals surface area contributed by atoms with Crippen molar-refractivity contribution in [1.29, 1.82) is 0 Å². The average Bonchev–Trinajstić information content (AvgIpc) is 2.42. The van der Waals surface area contributed by atoms with E-state index in [4.69, 9.17) is 5.11 Å². The molecule has 2 heteroatoms. The number of allylic oxidation sites excluding steroid dienone is 2. The molecule has 1 N–H and O–H groups in total. The Bertz CT molecular complexity index is 187. The molecule has 0 bridgehead atoms. The Morgan fingerprint density at radius 1 is 1.88 bits per heavy atom. The molecule has 0 radical (unpaired) electrons. The van der Waals surface area contributed by atoms with Crippen molar-refractivity contribution in [2.24, 2.45) is 0 Å². The molecule has 1 aliphatic rings. The van der Waals surface area contributed by atoms with Crippen LogP contribution in [0.25, 0.3) is 0 Å². The smallest absolute Gasteiger partial charge is 0.336 e. The molecule has 0 unspecified atom stereocenters. The maximum Gasteiger partial charge on any atom is 0.336 e. The maximum atomic E-state index is 10.0. The molecule has 0 heterocycles. The first-order valence-electron chi connectivity index (χ1n) is 2.37. The molecule has 8 heavy (non-hydrogen) atoms. The van der Waals surface area contributed by atoms with Gasteiger partial charge >= 0.3 is 5.97 Å². The summed E-state index contributed by atoms with van der Waals surface area (Å²) in [6, 6.07) is 0. The van der Waals surface area contributed by atoms with Crippen molar-refractivity contribution < 1.29 is 9.90 Å². The number of rotatable bonds is 1. The number of carboxylic acids is 1. The van der Waals surface area contributed by atoms with E-state index in [1.165, 1.54) is 0 Å². The van der Waals surface area contributed by atoms with Gasteiger partial charge in [0.25, 0.3) is 0 Å². The summed E-state index contributed by atoms with van der Waals surface area (Å²) in [5.74, 6) is -0.821. The third-order valence-corrected chi connectivity index (χ3v) is 1.07. The van der Waals surface area contributed by atoms with Gasteiger partial charge in [0.15, 0.2) is 0 Å². The van der Waals surface area contributed by atoms with Crippen LogP contribution in [0.4, 0.5) is 0 Å². The molecule has 0 spiro atoms. The van der Waals surface area contributed by atoms with E-state index >= 15 is 0 Å². The lowest BCUT2D eigenvalue weighted by atomic mass is 10.4. The normalized spacial score (nSPS) is 20.6. The minimum Gasteiger partial charge on any atom is -0.478 e. The van der Waals surface area contributed by atoms with Gasteiger partial charge in [0.2, 0.25) is 0 Å². The van der Waals surface area contributed by atoms with E-state index in [0.717, 1.165) is 5.57 Å². The standard InChI is InChI=1S/C6H6O2/c1-2-4-3-5(4)6(7)8/h2-3H,1H3,(H,7,8)/b4-2+. The van der Waals surface area contributed by atoms with E-state index in [-0.39, 0.29) is 0 Å². The summed E-state index contributed by atoms with van der Waals surface area (Å²) >= 11 is 0. The van der Waals surface area contributed by atoms with Gasteiger partial charge in [-0.2, -0.15) is 0 Å². The first-order valence-corrected chi connectivity index (χ1v) is 2.37. The highest BCUT2D eigenvalue weighted by Gasteiger charge is 2.21. The molecule has 42 valence electrons. The van der Waals surface area contributed by atoms with Gasteiger partial charge in [0.05, 0.1) is 5.57 Å². The summed E-state index contributed by atoms with van der Waals surface area (Å²) < 4.78 is 0. The van der Waals surface area contributed by atoms with Crippen LogP contribution >= 0.6 is 0 Å². The summed E-state index contributed by atoms with van der Waals surface area (Å²) in [4.78, 5) is 10.0. The van der Waals surface area contributed by atoms with Crippen LogP contribution in [0, 0.1) is 0 Å². The van der Waals surface area contributed by atoms with Gasteiger partial charge in [0.1, 0.15) is 0 Å². The summed E-state index contributed by atoms with van der Waals surface area (Å²) in [5, 5.41) is 8.25. The highest BCUT2D eigenvalue weighted by Crippen LogP contribution is 2.26. The van der Waals surface area contributed by atoms with Crippen molar-refractivity contribution in [2.45, 2.75) is 6.92 Å². The number of hydrogen-bond donors (Lipinski definition) is 1. The zero-order valence-corrected chi connectivity index (χ0v) is 4.51. The predicted octanol–water partition coefficient (Wildman–Crippen LogP) is 0.957. The summed E-state index contributed by atoms with van der Waals surface area (Å²) in [5.41, 5.74) is 1.31. The van der Waals surface area contributed by atoms with E-state index in [0.29, 0.717) is 5.57 Å². The van der Waals surface area contributed by atoms with Crippen molar-refractivity contribution in [3.05, 3.63) is 23.3 Å². The fourth-order valence-electron chi connectivity index (χ4n) is 0.543. The zero-order valence-electron chi connectivity index (χ0n) is 4.51. The molecule has 0 fully saturated rings. The van der Waals surface area contributed by atoms with E-state index in [1.54, 1.807) is 12.2 Å². The monoisotopic (exact) mass is 110 g/mol. The maximum absolute atomic E-state index is 10.0. The van der Waals surface area contributed by atoms with Crippen LogP contribution in [0.15, 0.2) is 23.3 Å². The molecule has 0 aromatic carbocycles. The minimum atomic E-state index is -0.821. The van der Waals surface area contributed by atoms with Crippen LogP contribution in [0.3, 0.4) is 0 Å². The van der Waals surface area contributed by atoms with Crippen molar-refractivity contribution in [3.63, 3.8) is 0 Å². The van der Waals surface area contributed by atoms with Crippen LogP contribution in [0.5, 0.6) is 0 Å². The Balaban J connectivity index is 2.60. The fraction of sp³-hybridized carbons (Fsp3) is 0.167. The largest absolute Gasteiger partial charge is 0.478 e. The molecule has 0 saturated carbocycles. The topological polar surface area (TPSA) is 37.3 Å². The van der Waals surface area contributed by atoms with Gasteiger partial charge in [-0.15, -0.1) is 0 Å². The molecule has 0 aromatic heterocycles. The van der Waals surface area contributed by atoms with E-state index in [2.05, 4.69) is 0 Å². The second-order valence-corrected chi connectivity index (χ2v) is 1.61. The number of aliphatic carboxylic acids is 1. The Morgan fingerprint density at radius 3 is 2.62 bits per heavy atom. The van der Waals surface area contributed by atoms with Gasteiger partial charge in [-0.3, -0.25) is 0 Å². The third kappa shape index (κ3) is 0.644.